The van der Waals surface area contributed by atoms with Crippen LogP contribution in [-0.4, -0.2) is 49.1 Å². The Bertz CT molecular complexity index is 859. The lowest BCUT2D eigenvalue weighted by molar-refractivity contribution is -0.400. The normalized spacial score (nSPS) is 14.4. The Balaban J connectivity index is 2.40. The van der Waals surface area contributed by atoms with E-state index in [0.717, 1.165) is 36.4 Å². The van der Waals surface area contributed by atoms with E-state index < -0.39 is 66.4 Å². The second kappa shape index (κ2) is 10.1. The molecule has 15 heteroatoms. The van der Waals surface area contributed by atoms with Crippen LogP contribution in [0.15, 0.2) is 60.7 Å². The average molecular weight is 544 g/mol. The van der Waals surface area contributed by atoms with E-state index in [1.165, 1.54) is 0 Å². The minimum absolute atomic E-state index is 0.400. The number of halogens is 12. The van der Waals surface area contributed by atoms with Crippen LogP contribution in [0, 0.1) is 0 Å². The van der Waals surface area contributed by atoms with Gasteiger partial charge in [-0.15, -0.1) is 0 Å². The number of benzene rings is 2. The molecule has 0 aliphatic rings. The van der Waals surface area contributed by atoms with Crippen LogP contribution in [0.3, 0.4) is 0 Å². The highest BCUT2D eigenvalue weighted by Gasteiger charge is 2.74. The van der Waals surface area contributed by atoms with E-state index in [4.69, 9.17) is 0 Å². The molecule has 0 saturated carbocycles. The van der Waals surface area contributed by atoms with Crippen molar-refractivity contribution in [3.05, 3.63) is 71.8 Å². The highest BCUT2D eigenvalue weighted by molar-refractivity contribution is 5.28. The topological polar surface area (TPSA) is 38.7 Å². The fraction of sp³-hybridized carbons (Fsp3) is 0.429. The van der Waals surface area contributed by atoms with Gasteiger partial charge >= 0.3 is 24.7 Å². The summed E-state index contributed by atoms with van der Waals surface area (Å²) in [5, 5.41) is 9.81. The Morgan fingerprint density at radius 3 is 0.972 bits per heavy atom. The monoisotopic (exact) mass is 544 g/mol. The first kappa shape index (κ1) is 29.7. The standard InChI is InChI=1S/C21H16F12O3/c22-18(23,24)16(19(25,26)27,13-7-3-1-4-8-13)35-11-15(34)12-36-17(20(28,29)30,21(31,32)33)14-9-5-2-6-10-14/h1-10,15,34H,11-12H2. The van der Waals surface area contributed by atoms with Crippen molar-refractivity contribution >= 4 is 0 Å². The Morgan fingerprint density at radius 1 is 0.500 bits per heavy atom. The van der Waals surface area contributed by atoms with E-state index >= 15 is 0 Å². The fourth-order valence-corrected chi connectivity index (χ4v) is 3.31. The van der Waals surface area contributed by atoms with Gasteiger partial charge in [-0.05, 0) is 0 Å². The van der Waals surface area contributed by atoms with Gasteiger partial charge in [0, 0.05) is 11.1 Å². The van der Waals surface area contributed by atoms with Crippen LogP contribution >= 0.6 is 0 Å². The van der Waals surface area contributed by atoms with Crippen molar-refractivity contribution in [2.75, 3.05) is 13.2 Å². The molecule has 1 N–H and O–H groups in total. The molecule has 0 saturated heterocycles. The van der Waals surface area contributed by atoms with Crippen LogP contribution in [0.2, 0.25) is 0 Å². The van der Waals surface area contributed by atoms with Crippen LogP contribution < -0.4 is 0 Å². The van der Waals surface area contributed by atoms with Crippen molar-refractivity contribution in [2.24, 2.45) is 0 Å². The zero-order valence-corrected chi connectivity index (χ0v) is 17.6. The number of ether oxygens (including phenoxy) is 2. The maximum absolute atomic E-state index is 13.7. The zero-order chi connectivity index (χ0) is 27.6. The number of aliphatic hydroxyl groups is 1. The Morgan fingerprint density at radius 2 is 0.750 bits per heavy atom. The fourth-order valence-electron chi connectivity index (χ4n) is 3.31. The largest absolute Gasteiger partial charge is 0.430 e. The second-order valence-electron chi connectivity index (χ2n) is 7.36. The minimum atomic E-state index is -6.20. The van der Waals surface area contributed by atoms with Gasteiger partial charge in [0.25, 0.3) is 11.2 Å². The summed E-state index contributed by atoms with van der Waals surface area (Å²) in [4.78, 5) is 0. The van der Waals surface area contributed by atoms with Crippen molar-refractivity contribution < 1.29 is 67.3 Å². The number of alkyl halides is 12. The number of aliphatic hydroxyl groups excluding tert-OH is 1. The summed E-state index contributed by atoms with van der Waals surface area (Å²) >= 11 is 0. The van der Waals surface area contributed by atoms with Crippen LogP contribution in [-0.2, 0) is 20.7 Å². The van der Waals surface area contributed by atoms with Gasteiger partial charge in [0.15, 0.2) is 0 Å². The quantitative estimate of drug-likeness (QED) is 0.390. The molecule has 0 spiro atoms. The minimum Gasteiger partial charge on any atom is -0.388 e. The van der Waals surface area contributed by atoms with Crippen LogP contribution in [0.4, 0.5) is 52.7 Å². The Kier molecular flexibility index (Phi) is 8.33. The van der Waals surface area contributed by atoms with Crippen molar-refractivity contribution in [3.63, 3.8) is 0 Å². The summed E-state index contributed by atoms with van der Waals surface area (Å²) in [5.41, 5.74) is -13.1. The molecule has 2 rings (SSSR count). The molecule has 3 nitrogen and oxygen atoms in total. The maximum Gasteiger partial charge on any atom is 0.430 e. The lowest BCUT2D eigenvalue weighted by atomic mass is 9.91. The Hall–Kier alpha value is -2.52. The van der Waals surface area contributed by atoms with Gasteiger partial charge in [-0.3, -0.25) is 0 Å². The van der Waals surface area contributed by atoms with E-state index in [0.29, 0.717) is 24.3 Å². The van der Waals surface area contributed by atoms with Gasteiger partial charge in [-0.2, -0.15) is 52.7 Å². The predicted molar refractivity (Wildman–Crippen MR) is 98.4 cm³/mol. The number of hydrogen-bond acceptors (Lipinski definition) is 3. The van der Waals surface area contributed by atoms with E-state index in [1.807, 2.05) is 0 Å². The van der Waals surface area contributed by atoms with Crippen LogP contribution in [0.5, 0.6) is 0 Å². The summed E-state index contributed by atoms with van der Waals surface area (Å²) in [5.74, 6) is 0. The first-order valence-corrected chi connectivity index (χ1v) is 9.65. The summed E-state index contributed by atoms with van der Waals surface area (Å²) in [7, 11) is 0. The molecule has 0 amide bonds. The van der Waals surface area contributed by atoms with E-state index in [1.54, 1.807) is 0 Å². The molecule has 0 aromatic heterocycles. The lowest BCUT2D eigenvalue weighted by Gasteiger charge is -2.39. The summed E-state index contributed by atoms with van der Waals surface area (Å²) in [6, 6.07) is 7.01. The van der Waals surface area contributed by atoms with Gasteiger partial charge in [-0.1, -0.05) is 60.7 Å². The molecular weight excluding hydrogens is 528 g/mol. The van der Waals surface area contributed by atoms with Crippen molar-refractivity contribution in [3.8, 4) is 0 Å². The summed E-state index contributed by atoms with van der Waals surface area (Å²) < 4.78 is 172. The smallest absolute Gasteiger partial charge is 0.388 e. The number of hydrogen-bond donors (Lipinski definition) is 1. The third-order valence-corrected chi connectivity index (χ3v) is 4.94. The molecule has 0 aliphatic carbocycles. The first-order chi connectivity index (χ1) is 16.3. The lowest BCUT2D eigenvalue weighted by Crippen LogP contribution is -2.58. The van der Waals surface area contributed by atoms with Gasteiger partial charge < -0.3 is 14.6 Å². The van der Waals surface area contributed by atoms with E-state index in [2.05, 4.69) is 9.47 Å². The van der Waals surface area contributed by atoms with Crippen molar-refractivity contribution in [2.45, 2.75) is 42.0 Å². The molecule has 0 bridgehead atoms. The molecule has 36 heavy (non-hydrogen) atoms. The van der Waals surface area contributed by atoms with Crippen molar-refractivity contribution in [1.82, 2.24) is 0 Å². The molecule has 0 fully saturated rings. The van der Waals surface area contributed by atoms with Gasteiger partial charge in [0.05, 0.1) is 13.2 Å². The van der Waals surface area contributed by atoms with Crippen LogP contribution in [0.1, 0.15) is 11.1 Å². The highest BCUT2D eigenvalue weighted by atomic mass is 19.4. The molecule has 0 atom stereocenters. The van der Waals surface area contributed by atoms with Gasteiger partial charge in [0.2, 0.25) is 0 Å². The van der Waals surface area contributed by atoms with Gasteiger partial charge in [0.1, 0.15) is 6.10 Å². The van der Waals surface area contributed by atoms with E-state index in [9.17, 15) is 57.8 Å². The van der Waals surface area contributed by atoms with Gasteiger partial charge in [-0.25, -0.2) is 0 Å². The molecule has 2 aromatic carbocycles. The third kappa shape index (κ3) is 5.42. The highest BCUT2D eigenvalue weighted by Crippen LogP contribution is 2.54. The molecule has 202 valence electrons. The summed E-state index contributed by atoms with van der Waals surface area (Å²) in [6.07, 6.45) is -27.6. The molecule has 0 radical (unpaired) electrons. The zero-order valence-electron chi connectivity index (χ0n) is 17.6. The average Bonchev–Trinajstić information content (AvgIpc) is 2.72. The summed E-state index contributed by atoms with van der Waals surface area (Å²) in [6.45, 7) is -3.98. The van der Waals surface area contributed by atoms with Crippen LogP contribution in [0.25, 0.3) is 0 Å². The SMILES string of the molecule is OC(COC(c1ccccc1)(C(F)(F)F)C(F)(F)F)COC(c1ccccc1)(C(F)(F)F)C(F)(F)F. The maximum atomic E-state index is 13.7. The van der Waals surface area contributed by atoms with E-state index in [-0.39, 0.29) is 0 Å². The van der Waals surface area contributed by atoms with Crippen molar-refractivity contribution in [1.29, 1.82) is 0 Å². The predicted octanol–water partition coefficient (Wildman–Crippen LogP) is 6.42. The molecule has 2 aromatic rings. The molecule has 0 heterocycles. The molecule has 0 unspecified atom stereocenters. The molecule has 0 aliphatic heterocycles. The first-order valence-electron chi connectivity index (χ1n) is 9.65. The Labute approximate surface area is 195 Å². The number of rotatable bonds is 8. The second-order valence-corrected chi connectivity index (χ2v) is 7.36. The third-order valence-electron chi connectivity index (χ3n) is 4.94. The molecular formula is C21H16F12O3.